The van der Waals surface area contributed by atoms with Gasteiger partial charge in [0.15, 0.2) is 5.78 Å². The number of benzene rings is 1. The van der Waals surface area contributed by atoms with Gasteiger partial charge in [0.05, 0.1) is 5.69 Å². The number of amides is 1. The van der Waals surface area contributed by atoms with Gasteiger partial charge in [-0.15, -0.1) is 0 Å². The normalized spacial score (nSPS) is 18.5. The Morgan fingerprint density at radius 3 is 1.85 bits per heavy atom. The van der Waals surface area contributed by atoms with E-state index in [1.54, 1.807) is 6.07 Å². The molecule has 1 heterocycles. The molecule has 0 atom stereocenters. The Balaban J connectivity index is 2.35. The average Bonchev–Trinajstić information content (AvgIpc) is 2.73. The van der Waals surface area contributed by atoms with E-state index in [4.69, 9.17) is 0 Å². The summed E-state index contributed by atoms with van der Waals surface area (Å²) in [6, 6.07) is 4.54. The van der Waals surface area contributed by atoms with Crippen LogP contribution in [0.2, 0.25) is 0 Å². The summed E-state index contributed by atoms with van der Waals surface area (Å²) in [5, 5.41) is 12.9. The maximum absolute atomic E-state index is 13.7. The fourth-order valence-corrected chi connectivity index (χ4v) is 3.96. The summed E-state index contributed by atoms with van der Waals surface area (Å²) in [5.41, 5.74) is 4.53. The van der Waals surface area contributed by atoms with E-state index >= 15 is 0 Å². The number of carbonyl (C=O) groups excluding carboxylic acids is 2. The van der Waals surface area contributed by atoms with Gasteiger partial charge in [0.25, 0.3) is 0 Å². The molecule has 0 spiro atoms. The summed E-state index contributed by atoms with van der Waals surface area (Å²) >= 11 is 0. The summed E-state index contributed by atoms with van der Waals surface area (Å²) in [6.07, 6.45) is 12.8. The number of phenols is 1. The zero-order valence-corrected chi connectivity index (χ0v) is 21.0. The molecule has 0 fully saturated rings. The second kappa shape index (κ2) is 11.8. The Morgan fingerprint density at radius 1 is 0.848 bits per heavy atom. The van der Waals surface area contributed by atoms with Gasteiger partial charge < -0.3 is 10.4 Å². The third-order valence-electron chi connectivity index (χ3n) is 6.15. The lowest BCUT2D eigenvalue weighted by molar-refractivity contribution is -0.123. The van der Waals surface area contributed by atoms with Gasteiger partial charge in [0.1, 0.15) is 11.2 Å². The number of allylic oxidation sites excluding steroid dienone is 8. The molecule has 2 N–H and O–H groups in total. The van der Waals surface area contributed by atoms with Gasteiger partial charge >= 0.3 is 0 Å². The lowest BCUT2D eigenvalue weighted by Crippen LogP contribution is -2.46. The summed E-state index contributed by atoms with van der Waals surface area (Å²) in [4.78, 5) is 27.0. The first-order valence-corrected chi connectivity index (χ1v) is 11.8. The monoisotopic (exact) mass is 449 g/mol. The van der Waals surface area contributed by atoms with E-state index in [0.717, 1.165) is 25.7 Å². The summed E-state index contributed by atoms with van der Waals surface area (Å²) in [6.45, 7) is 12.4. The number of aromatic hydroxyl groups is 1. The molecule has 4 nitrogen and oxygen atoms in total. The van der Waals surface area contributed by atoms with Crippen LogP contribution in [0.25, 0.3) is 0 Å². The minimum atomic E-state index is -1.21. The lowest BCUT2D eigenvalue weighted by atomic mass is 9.70. The summed E-state index contributed by atoms with van der Waals surface area (Å²) in [7, 11) is 0. The molecule has 1 aliphatic rings. The van der Waals surface area contributed by atoms with Crippen LogP contribution in [0.1, 0.15) is 90.4 Å². The SMILES string of the molecule is CC(C)=CCC/C(C)=C/CC1(C/C=C(\C)CCC=C(C)C)C(=O)Nc2ccc(O)cc2C1=O. The van der Waals surface area contributed by atoms with Crippen LogP contribution in [0.3, 0.4) is 0 Å². The molecule has 0 bridgehead atoms. The van der Waals surface area contributed by atoms with Crippen molar-refractivity contribution in [3.8, 4) is 5.75 Å². The second-order valence-corrected chi connectivity index (χ2v) is 9.74. The molecule has 0 aliphatic carbocycles. The van der Waals surface area contributed by atoms with Crippen molar-refractivity contribution in [1.82, 2.24) is 0 Å². The standard InChI is InChI=1S/C29H39NO3/c1-20(2)9-7-11-22(5)15-17-29(18-16-23(6)12-8-10-21(3)4)27(32)25-19-24(31)13-14-26(25)30-28(29)33/h9-10,13-16,19,31H,7-8,11-12,17-18H2,1-6H3,(H,30,33)/b22-15+,23-16+. The number of fused-ring (bicyclic) bond motifs is 1. The molecule has 2 rings (SSSR count). The van der Waals surface area contributed by atoms with Gasteiger partial charge in [-0.05, 0) is 98.3 Å². The van der Waals surface area contributed by atoms with Gasteiger partial charge in [-0.1, -0.05) is 46.6 Å². The first-order valence-electron chi connectivity index (χ1n) is 11.8. The number of hydrogen-bond donors (Lipinski definition) is 2. The molecule has 1 amide bonds. The Morgan fingerprint density at radius 2 is 1.36 bits per heavy atom. The molecular formula is C29H39NO3. The smallest absolute Gasteiger partial charge is 0.239 e. The van der Waals surface area contributed by atoms with E-state index in [1.165, 1.54) is 34.4 Å². The first-order chi connectivity index (χ1) is 15.5. The van der Waals surface area contributed by atoms with Crippen molar-refractivity contribution >= 4 is 17.4 Å². The summed E-state index contributed by atoms with van der Waals surface area (Å²) in [5.74, 6) is -0.472. The topological polar surface area (TPSA) is 66.4 Å². The van der Waals surface area contributed by atoms with Crippen LogP contribution >= 0.6 is 0 Å². The van der Waals surface area contributed by atoms with Crippen molar-refractivity contribution in [1.29, 1.82) is 0 Å². The molecular weight excluding hydrogens is 410 g/mol. The van der Waals surface area contributed by atoms with Gasteiger partial charge in [0, 0.05) is 5.56 Å². The van der Waals surface area contributed by atoms with Crippen molar-refractivity contribution < 1.29 is 14.7 Å². The zero-order chi connectivity index (χ0) is 24.6. The molecule has 0 saturated carbocycles. The molecule has 1 aromatic carbocycles. The van der Waals surface area contributed by atoms with Gasteiger partial charge in [-0.2, -0.15) is 0 Å². The highest BCUT2D eigenvalue weighted by molar-refractivity contribution is 6.24. The maximum Gasteiger partial charge on any atom is 0.239 e. The minimum Gasteiger partial charge on any atom is -0.508 e. The van der Waals surface area contributed by atoms with Crippen LogP contribution in [0.15, 0.2) is 64.8 Å². The molecule has 1 aliphatic heterocycles. The second-order valence-electron chi connectivity index (χ2n) is 9.74. The van der Waals surface area contributed by atoms with Gasteiger partial charge in [0.2, 0.25) is 5.91 Å². The van der Waals surface area contributed by atoms with E-state index in [1.807, 2.05) is 12.2 Å². The van der Waals surface area contributed by atoms with Crippen molar-refractivity contribution in [3.05, 3.63) is 70.4 Å². The maximum atomic E-state index is 13.7. The van der Waals surface area contributed by atoms with E-state index < -0.39 is 5.41 Å². The Bertz CT molecular complexity index is 960. The molecule has 0 saturated heterocycles. The minimum absolute atomic E-state index is 0.0223. The van der Waals surface area contributed by atoms with Crippen molar-refractivity contribution in [2.45, 2.75) is 80.1 Å². The Hall–Kier alpha value is -2.88. The highest BCUT2D eigenvalue weighted by Gasteiger charge is 2.48. The highest BCUT2D eigenvalue weighted by atomic mass is 16.3. The average molecular weight is 450 g/mol. The molecule has 0 radical (unpaired) electrons. The third kappa shape index (κ3) is 7.31. The number of anilines is 1. The fraction of sp³-hybridized carbons (Fsp3) is 0.448. The quantitative estimate of drug-likeness (QED) is 0.219. The Kier molecular flexibility index (Phi) is 9.45. The molecule has 0 aromatic heterocycles. The summed E-state index contributed by atoms with van der Waals surface area (Å²) < 4.78 is 0. The van der Waals surface area contributed by atoms with Crippen LogP contribution < -0.4 is 5.32 Å². The van der Waals surface area contributed by atoms with Gasteiger partial charge in [-0.25, -0.2) is 0 Å². The Labute approximate surface area is 199 Å². The molecule has 0 unspecified atom stereocenters. The first kappa shape index (κ1) is 26.4. The predicted octanol–water partition coefficient (Wildman–Crippen LogP) is 7.68. The number of rotatable bonds is 10. The largest absolute Gasteiger partial charge is 0.508 e. The number of hydrogen-bond acceptors (Lipinski definition) is 3. The number of nitrogens with one attached hydrogen (secondary N) is 1. The van der Waals surface area contributed by atoms with Crippen LogP contribution in [0.4, 0.5) is 5.69 Å². The third-order valence-corrected chi connectivity index (χ3v) is 6.15. The predicted molar refractivity (Wildman–Crippen MR) is 138 cm³/mol. The molecule has 33 heavy (non-hydrogen) atoms. The number of carbonyl (C=O) groups is 2. The number of phenolic OH excluding ortho intramolecular Hbond substituents is 1. The van der Waals surface area contributed by atoms with E-state index in [0.29, 0.717) is 24.1 Å². The van der Waals surface area contributed by atoms with E-state index in [2.05, 4.69) is 59.0 Å². The lowest BCUT2D eigenvalue weighted by Gasteiger charge is -2.34. The highest BCUT2D eigenvalue weighted by Crippen LogP contribution is 2.41. The van der Waals surface area contributed by atoms with Crippen molar-refractivity contribution in [2.24, 2.45) is 5.41 Å². The van der Waals surface area contributed by atoms with Crippen molar-refractivity contribution in [2.75, 3.05) is 5.32 Å². The molecule has 178 valence electrons. The van der Waals surface area contributed by atoms with Crippen molar-refractivity contribution in [3.63, 3.8) is 0 Å². The molecule has 1 aromatic rings. The van der Waals surface area contributed by atoms with E-state index in [9.17, 15) is 14.7 Å². The van der Waals surface area contributed by atoms with Crippen LogP contribution in [-0.4, -0.2) is 16.8 Å². The van der Waals surface area contributed by atoms with Gasteiger partial charge in [-0.3, -0.25) is 9.59 Å². The van der Waals surface area contributed by atoms with E-state index in [-0.39, 0.29) is 17.4 Å². The van der Waals surface area contributed by atoms with Crippen LogP contribution in [-0.2, 0) is 4.79 Å². The van der Waals surface area contributed by atoms with Crippen LogP contribution in [0, 0.1) is 5.41 Å². The zero-order valence-electron chi connectivity index (χ0n) is 21.0. The fourth-order valence-electron chi connectivity index (χ4n) is 3.96. The van der Waals surface area contributed by atoms with Crippen LogP contribution in [0.5, 0.6) is 5.75 Å². The molecule has 4 heteroatoms. The number of Topliss-reactive ketones (excluding diaryl/α,β-unsaturated/α-hetero) is 1. The number of ketones is 1.